The van der Waals surface area contributed by atoms with E-state index in [1.54, 1.807) is 6.07 Å². The molecule has 2 aromatic rings. The van der Waals surface area contributed by atoms with Gasteiger partial charge in [0.05, 0.1) is 18.1 Å². The van der Waals surface area contributed by atoms with Gasteiger partial charge in [0.15, 0.2) is 0 Å². The van der Waals surface area contributed by atoms with Crippen molar-refractivity contribution in [3.05, 3.63) is 40.8 Å². The van der Waals surface area contributed by atoms with Crippen LogP contribution in [-0.2, 0) is 0 Å². The summed E-state index contributed by atoms with van der Waals surface area (Å²) in [6.45, 7) is 0.582. The quantitative estimate of drug-likeness (QED) is 0.492. The van der Waals surface area contributed by atoms with Gasteiger partial charge in [-0.25, -0.2) is 4.79 Å². The molecule has 1 aromatic heterocycles. The van der Waals surface area contributed by atoms with Crippen LogP contribution in [-0.4, -0.2) is 11.9 Å². The fraction of sp³-hybridized carbons (Fsp3) is 0.250. The highest BCUT2D eigenvalue weighted by molar-refractivity contribution is 9.09. The van der Waals surface area contributed by atoms with Gasteiger partial charge in [0.25, 0.3) is 0 Å². The fourth-order valence-corrected chi connectivity index (χ4v) is 1.67. The van der Waals surface area contributed by atoms with Crippen LogP contribution < -0.4 is 10.4 Å². The van der Waals surface area contributed by atoms with Crippen molar-refractivity contribution in [2.75, 3.05) is 11.9 Å². The first kappa shape index (κ1) is 11.2. The monoisotopic (exact) mass is 282 g/mol. The van der Waals surface area contributed by atoms with Gasteiger partial charge < -0.3 is 9.15 Å². The van der Waals surface area contributed by atoms with Gasteiger partial charge in [-0.2, -0.15) is 0 Å². The number of para-hydroxylation sites is 1. The van der Waals surface area contributed by atoms with Crippen LogP contribution in [0.25, 0.3) is 11.0 Å². The van der Waals surface area contributed by atoms with Crippen LogP contribution >= 0.6 is 15.9 Å². The van der Waals surface area contributed by atoms with E-state index in [-0.39, 0.29) is 5.63 Å². The third-order valence-electron chi connectivity index (χ3n) is 2.15. The number of rotatable bonds is 4. The molecule has 16 heavy (non-hydrogen) atoms. The summed E-state index contributed by atoms with van der Waals surface area (Å²) in [7, 11) is 0. The van der Waals surface area contributed by atoms with Crippen LogP contribution in [0.1, 0.15) is 6.42 Å². The van der Waals surface area contributed by atoms with Crippen molar-refractivity contribution >= 4 is 26.9 Å². The van der Waals surface area contributed by atoms with Crippen LogP contribution in [0.3, 0.4) is 0 Å². The molecule has 0 bridgehead atoms. The van der Waals surface area contributed by atoms with Gasteiger partial charge in [-0.3, -0.25) is 0 Å². The number of hydrogen-bond donors (Lipinski definition) is 0. The SMILES string of the molecule is O=c1cc(OCCCBr)c2ccccc2o1. The van der Waals surface area contributed by atoms with Crippen molar-refractivity contribution < 1.29 is 9.15 Å². The number of fused-ring (bicyclic) bond motifs is 1. The molecule has 0 unspecified atom stereocenters. The van der Waals surface area contributed by atoms with E-state index >= 15 is 0 Å². The zero-order valence-corrected chi connectivity index (χ0v) is 10.2. The van der Waals surface area contributed by atoms with Gasteiger partial charge in [-0.15, -0.1) is 0 Å². The third-order valence-corrected chi connectivity index (χ3v) is 2.71. The molecule has 0 N–H and O–H groups in total. The maximum Gasteiger partial charge on any atom is 0.339 e. The first-order valence-electron chi connectivity index (χ1n) is 5.03. The average molecular weight is 283 g/mol. The summed E-state index contributed by atoms with van der Waals surface area (Å²) >= 11 is 3.33. The van der Waals surface area contributed by atoms with Crippen LogP contribution in [0, 0.1) is 0 Å². The molecule has 84 valence electrons. The van der Waals surface area contributed by atoms with Gasteiger partial charge in [0.2, 0.25) is 0 Å². The second kappa shape index (κ2) is 5.16. The first-order chi connectivity index (χ1) is 7.81. The predicted octanol–water partition coefficient (Wildman–Crippen LogP) is 2.96. The maximum atomic E-state index is 11.3. The molecule has 0 amide bonds. The lowest BCUT2D eigenvalue weighted by atomic mass is 10.2. The molecular weight excluding hydrogens is 272 g/mol. The Morgan fingerprint density at radius 1 is 1.31 bits per heavy atom. The Bertz CT molecular complexity index is 533. The lowest BCUT2D eigenvalue weighted by molar-refractivity contribution is 0.320. The van der Waals surface area contributed by atoms with Crippen LogP contribution in [0.2, 0.25) is 0 Å². The van der Waals surface area contributed by atoms with E-state index in [0.717, 1.165) is 17.1 Å². The number of halogens is 1. The standard InChI is InChI=1S/C12H11BrO3/c13-6-3-7-15-11-8-12(14)16-10-5-2-1-4-9(10)11/h1-2,4-5,8H,3,6-7H2. The summed E-state index contributed by atoms with van der Waals surface area (Å²) in [5.41, 5.74) is 0.177. The van der Waals surface area contributed by atoms with Gasteiger partial charge in [-0.05, 0) is 18.6 Å². The summed E-state index contributed by atoms with van der Waals surface area (Å²) in [6.07, 6.45) is 0.897. The average Bonchev–Trinajstić information content (AvgIpc) is 2.29. The second-order valence-corrected chi connectivity index (χ2v) is 4.11. The van der Waals surface area contributed by atoms with E-state index in [2.05, 4.69) is 15.9 Å². The van der Waals surface area contributed by atoms with Crippen molar-refractivity contribution in [2.45, 2.75) is 6.42 Å². The molecule has 3 nitrogen and oxygen atoms in total. The predicted molar refractivity (Wildman–Crippen MR) is 66.4 cm³/mol. The molecule has 0 saturated carbocycles. The molecule has 2 rings (SSSR count). The molecule has 0 atom stereocenters. The minimum Gasteiger partial charge on any atom is -0.493 e. The Morgan fingerprint density at radius 2 is 2.12 bits per heavy atom. The number of hydrogen-bond acceptors (Lipinski definition) is 3. The molecular formula is C12H11BrO3. The van der Waals surface area contributed by atoms with E-state index in [1.807, 2.05) is 18.2 Å². The highest BCUT2D eigenvalue weighted by Crippen LogP contribution is 2.23. The summed E-state index contributed by atoms with van der Waals surface area (Å²) in [5.74, 6) is 0.591. The molecule has 0 radical (unpaired) electrons. The van der Waals surface area contributed by atoms with E-state index in [9.17, 15) is 4.79 Å². The Kier molecular flexibility index (Phi) is 3.62. The minimum atomic E-state index is -0.382. The van der Waals surface area contributed by atoms with Crippen molar-refractivity contribution in [3.63, 3.8) is 0 Å². The molecule has 0 aliphatic carbocycles. The summed E-state index contributed by atoms with van der Waals surface area (Å²) < 4.78 is 10.6. The number of benzene rings is 1. The van der Waals surface area contributed by atoms with Gasteiger partial charge in [-0.1, -0.05) is 28.1 Å². The topological polar surface area (TPSA) is 39.4 Å². The number of ether oxygens (including phenoxy) is 1. The lowest BCUT2D eigenvalue weighted by Crippen LogP contribution is -2.03. The van der Waals surface area contributed by atoms with Crippen molar-refractivity contribution in [1.82, 2.24) is 0 Å². The van der Waals surface area contributed by atoms with Gasteiger partial charge >= 0.3 is 5.63 Å². The van der Waals surface area contributed by atoms with Gasteiger partial charge in [0, 0.05) is 5.33 Å². The van der Waals surface area contributed by atoms with Crippen molar-refractivity contribution in [3.8, 4) is 5.75 Å². The van der Waals surface area contributed by atoms with E-state index in [0.29, 0.717) is 17.9 Å². The minimum absolute atomic E-state index is 0.382. The highest BCUT2D eigenvalue weighted by atomic mass is 79.9. The van der Waals surface area contributed by atoms with E-state index in [4.69, 9.17) is 9.15 Å². The third kappa shape index (κ3) is 2.44. The largest absolute Gasteiger partial charge is 0.493 e. The second-order valence-electron chi connectivity index (χ2n) is 3.32. The molecule has 0 spiro atoms. The molecule has 1 heterocycles. The zero-order chi connectivity index (χ0) is 11.4. The van der Waals surface area contributed by atoms with Gasteiger partial charge in [0.1, 0.15) is 11.3 Å². The molecule has 0 aliphatic heterocycles. The fourth-order valence-electron chi connectivity index (χ4n) is 1.44. The maximum absolute atomic E-state index is 11.3. The highest BCUT2D eigenvalue weighted by Gasteiger charge is 2.05. The summed E-state index contributed by atoms with van der Waals surface area (Å²) in [5, 5.41) is 1.71. The lowest BCUT2D eigenvalue weighted by Gasteiger charge is -2.06. The Morgan fingerprint density at radius 3 is 2.94 bits per heavy atom. The van der Waals surface area contributed by atoms with E-state index in [1.165, 1.54) is 6.07 Å². The summed E-state index contributed by atoms with van der Waals surface area (Å²) in [6, 6.07) is 8.74. The normalized spacial score (nSPS) is 10.6. The van der Waals surface area contributed by atoms with Crippen LogP contribution in [0.4, 0.5) is 0 Å². The molecule has 0 saturated heterocycles. The van der Waals surface area contributed by atoms with Crippen LogP contribution in [0.15, 0.2) is 39.5 Å². The van der Waals surface area contributed by atoms with E-state index < -0.39 is 0 Å². The molecule has 4 heteroatoms. The Labute approximate surface area is 101 Å². The zero-order valence-electron chi connectivity index (χ0n) is 8.61. The molecule has 0 fully saturated rings. The van der Waals surface area contributed by atoms with Crippen molar-refractivity contribution in [1.29, 1.82) is 0 Å². The summed E-state index contributed by atoms with van der Waals surface area (Å²) in [4.78, 5) is 11.3. The Hall–Kier alpha value is -1.29. The number of alkyl halides is 1. The first-order valence-corrected chi connectivity index (χ1v) is 6.15. The smallest absolute Gasteiger partial charge is 0.339 e. The van der Waals surface area contributed by atoms with Crippen molar-refractivity contribution in [2.24, 2.45) is 0 Å². The van der Waals surface area contributed by atoms with Crippen LogP contribution in [0.5, 0.6) is 5.75 Å². The Balaban J connectivity index is 2.38. The molecule has 1 aromatic carbocycles. The molecule has 0 aliphatic rings.